The minimum absolute atomic E-state index is 0.157. The highest BCUT2D eigenvalue weighted by Crippen LogP contribution is 2.22. The van der Waals surface area contributed by atoms with Crippen LogP contribution >= 0.6 is 0 Å². The van der Waals surface area contributed by atoms with Crippen LogP contribution in [0.15, 0.2) is 24.3 Å². The van der Waals surface area contributed by atoms with E-state index in [1.54, 1.807) is 12.1 Å². The van der Waals surface area contributed by atoms with Crippen molar-refractivity contribution in [1.82, 2.24) is 10.2 Å². The van der Waals surface area contributed by atoms with Gasteiger partial charge < -0.3 is 10.4 Å². The minimum Gasteiger partial charge on any atom is -0.508 e. The molecule has 22 heavy (non-hydrogen) atoms. The molecule has 1 amide bonds. The number of rotatable bonds is 7. The number of nitrogens with zero attached hydrogens (tertiary/aromatic N) is 1. The van der Waals surface area contributed by atoms with E-state index in [-0.39, 0.29) is 5.91 Å². The van der Waals surface area contributed by atoms with Gasteiger partial charge in [0, 0.05) is 6.54 Å². The molecule has 0 unspecified atom stereocenters. The van der Waals surface area contributed by atoms with Crippen molar-refractivity contribution in [3.8, 4) is 5.75 Å². The normalized spacial score (nSPS) is 16.6. The van der Waals surface area contributed by atoms with Crippen molar-refractivity contribution in [3.63, 3.8) is 0 Å². The van der Waals surface area contributed by atoms with Gasteiger partial charge in [0.05, 0.1) is 6.54 Å². The molecule has 4 nitrogen and oxygen atoms in total. The Balaban J connectivity index is 1.64. The van der Waals surface area contributed by atoms with Crippen LogP contribution in [0.25, 0.3) is 0 Å². The number of phenolic OH excluding ortho intramolecular Hbond substituents is 1. The van der Waals surface area contributed by atoms with Crippen molar-refractivity contribution in [2.75, 3.05) is 26.2 Å². The fraction of sp³-hybridized carbons (Fsp3) is 0.611. The lowest BCUT2D eigenvalue weighted by atomic mass is 9.90. The van der Waals surface area contributed by atoms with Gasteiger partial charge in [0.25, 0.3) is 0 Å². The zero-order valence-electron chi connectivity index (χ0n) is 13.6. The first-order chi connectivity index (χ1) is 10.7. The third-order valence-electron chi connectivity index (χ3n) is 4.42. The number of carbonyl (C=O) groups excluding carboxylic acids is 1. The standard InChI is InChI=1S/C18H28N2O2/c1-2-11-19-18(22)14-20-12-9-16(10-13-20)4-3-15-5-7-17(21)8-6-15/h5-8,16,21H,2-4,9-14H2,1H3,(H,19,22). The molecule has 0 atom stereocenters. The number of nitrogens with one attached hydrogen (secondary N) is 1. The number of aryl methyl sites for hydroxylation is 1. The highest BCUT2D eigenvalue weighted by atomic mass is 16.3. The third kappa shape index (κ3) is 5.68. The SMILES string of the molecule is CCCNC(=O)CN1CCC(CCc2ccc(O)cc2)CC1. The Bertz CT molecular complexity index is 451. The van der Waals surface area contributed by atoms with E-state index >= 15 is 0 Å². The third-order valence-corrected chi connectivity index (χ3v) is 4.42. The van der Waals surface area contributed by atoms with Gasteiger partial charge in [-0.1, -0.05) is 19.1 Å². The second-order valence-electron chi connectivity index (χ2n) is 6.27. The van der Waals surface area contributed by atoms with Crippen LogP contribution in [0.2, 0.25) is 0 Å². The van der Waals surface area contributed by atoms with E-state index in [0.29, 0.717) is 12.3 Å². The molecule has 1 aromatic carbocycles. The first-order valence-corrected chi connectivity index (χ1v) is 8.44. The van der Waals surface area contributed by atoms with Gasteiger partial charge in [-0.15, -0.1) is 0 Å². The molecule has 1 aliphatic rings. The molecule has 0 spiro atoms. The highest BCUT2D eigenvalue weighted by Gasteiger charge is 2.20. The Hall–Kier alpha value is -1.55. The molecular formula is C18H28N2O2. The van der Waals surface area contributed by atoms with Crippen LogP contribution in [0.3, 0.4) is 0 Å². The maximum absolute atomic E-state index is 11.7. The number of carbonyl (C=O) groups is 1. The molecule has 0 radical (unpaired) electrons. The molecule has 0 saturated carbocycles. The maximum atomic E-state index is 11.7. The lowest BCUT2D eigenvalue weighted by molar-refractivity contribution is -0.122. The van der Waals surface area contributed by atoms with Gasteiger partial charge in [-0.05, 0) is 68.8 Å². The summed E-state index contributed by atoms with van der Waals surface area (Å²) < 4.78 is 0. The largest absolute Gasteiger partial charge is 0.508 e. The summed E-state index contributed by atoms with van der Waals surface area (Å²) in [5.74, 6) is 1.24. The van der Waals surface area contributed by atoms with Crippen molar-refractivity contribution < 1.29 is 9.90 Å². The summed E-state index contributed by atoms with van der Waals surface area (Å²) in [4.78, 5) is 14.0. The number of amides is 1. The predicted octanol–water partition coefficient (Wildman–Crippen LogP) is 2.56. The van der Waals surface area contributed by atoms with Gasteiger partial charge in [0.2, 0.25) is 5.91 Å². The summed E-state index contributed by atoms with van der Waals surface area (Å²) >= 11 is 0. The molecule has 0 bridgehead atoms. The van der Waals surface area contributed by atoms with E-state index in [9.17, 15) is 9.90 Å². The highest BCUT2D eigenvalue weighted by molar-refractivity contribution is 5.77. The lowest BCUT2D eigenvalue weighted by Crippen LogP contribution is -2.41. The van der Waals surface area contributed by atoms with Crippen LogP contribution < -0.4 is 5.32 Å². The average Bonchev–Trinajstić information content (AvgIpc) is 2.54. The molecule has 1 saturated heterocycles. The van der Waals surface area contributed by atoms with E-state index in [0.717, 1.165) is 38.4 Å². The van der Waals surface area contributed by atoms with Crippen LogP contribution in [-0.2, 0) is 11.2 Å². The van der Waals surface area contributed by atoms with Gasteiger partial charge in [-0.2, -0.15) is 0 Å². The zero-order chi connectivity index (χ0) is 15.8. The number of benzene rings is 1. The topological polar surface area (TPSA) is 52.6 Å². The second kappa shape index (κ2) is 8.79. The summed E-state index contributed by atoms with van der Waals surface area (Å²) in [6, 6.07) is 7.52. The summed E-state index contributed by atoms with van der Waals surface area (Å²) in [5, 5.41) is 12.2. The van der Waals surface area contributed by atoms with Gasteiger partial charge >= 0.3 is 0 Å². The zero-order valence-corrected chi connectivity index (χ0v) is 13.6. The van der Waals surface area contributed by atoms with E-state index in [4.69, 9.17) is 0 Å². The van der Waals surface area contributed by atoms with Crippen molar-refractivity contribution in [2.24, 2.45) is 5.92 Å². The summed E-state index contributed by atoms with van der Waals surface area (Å²) in [6.45, 7) is 5.45. The van der Waals surface area contributed by atoms with E-state index in [2.05, 4.69) is 17.1 Å². The van der Waals surface area contributed by atoms with Gasteiger partial charge in [0.15, 0.2) is 0 Å². The second-order valence-corrected chi connectivity index (χ2v) is 6.27. The molecule has 1 aromatic rings. The molecule has 0 aliphatic carbocycles. The lowest BCUT2D eigenvalue weighted by Gasteiger charge is -2.31. The summed E-state index contributed by atoms with van der Waals surface area (Å²) in [5.41, 5.74) is 1.29. The Kier molecular flexibility index (Phi) is 6.72. The van der Waals surface area contributed by atoms with Crippen LogP contribution in [0.5, 0.6) is 5.75 Å². The molecule has 4 heteroatoms. The minimum atomic E-state index is 0.157. The molecule has 0 aromatic heterocycles. The van der Waals surface area contributed by atoms with Gasteiger partial charge in [-0.25, -0.2) is 0 Å². The van der Waals surface area contributed by atoms with Crippen molar-refractivity contribution in [1.29, 1.82) is 0 Å². The monoisotopic (exact) mass is 304 g/mol. The average molecular weight is 304 g/mol. The summed E-state index contributed by atoms with van der Waals surface area (Å²) in [7, 11) is 0. The van der Waals surface area contributed by atoms with Crippen molar-refractivity contribution in [2.45, 2.75) is 39.0 Å². The number of likely N-dealkylation sites (tertiary alicyclic amines) is 1. The Labute approximate surface area is 133 Å². The van der Waals surface area contributed by atoms with Gasteiger partial charge in [0.1, 0.15) is 5.75 Å². The Morgan fingerprint density at radius 3 is 2.59 bits per heavy atom. The Morgan fingerprint density at radius 2 is 1.95 bits per heavy atom. The fourth-order valence-corrected chi connectivity index (χ4v) is 2.99. The molecule has 1 fully saturated rings. The molecule has 2 rings (SSSR count). The molecule has 2 N–H and O–H groups in total. The molecular weight excluding hydrogens is 276 g/mol. The van der Waals surface area contributed by atoms with E-state index in [1.165, 1.54) is 24.8 Å². The predicted molar refractivity (Wildman–Crippen MR) is 88.9 cm³/mol. The number of aromatic hydroxyl groups is 1. The first kappa shape index (κ1) is 16.8. The first-order valence-electron chi connectivity index (χ1n) is 8.44. The number of hydrogen-bond acceptors (Lipinski definition) is 3. The fourth-order valence-electron chi connectivity index (χ4n) is 2.99. The van der Waals surface area contributed by atoms with E-state index in [1.807, 2.05) is 12.1 Å². The summed E-state index contributed by atoms with van der Waals surface area (Å²) in [6.07, 6.45) is 5.62. The number of piperidine rings is 1. The van der Waals surface area contributed by atoms with Gasteiger partial charge in [-0.3, -0.25) is 9.69 Å². The van der Waals surface area contributed by atoms with Crippen LogP contribution in [0.4, 0.5) is 0 Å². The smallest absolute Gasteiger partial charge is 0.234 e. The molecule has 122 valence electrons. The maximum Gasteiger partial charge on any atom is 0.234 e. The molecule has 1 aliphatic heterocycles. The van der Waals surface area contributed by atoms with Crippen LogP contribution in [0, 0.1) is 5.92 Å². The van der Waals surface area contributed by atoms with Crippen molar-refractivity contribution >= 4 is 5.91 Å². The van der Waals surface area contributed by atoms with Crippen LogP contribution in [0.1, 0.15) is 38.2 Å². The van der Waals surface area contributed by atoms with Crippen molar-refractivity contribution in [3.05, 3.63) is 29.8 Å². The Morgan fingerprint density at radius 1 is 1.27 bits per heavy atom. The quantitative estimate of drug-likeness (QED) is 0.814. The molecule has 1 heterocycles. The van der Waals surface area contributed by atoms with Crippen LogP contribution in [-0.4, -0.2) is 42.1 Å². The van der Waals surface area contributed by atoms with E-state index < -0.39 is 0 Å². The number of hydrogen-bond donors (Lipinski definition) is 2. The number of phenols is 1.